The van der Waals surface area contributed by atoms with E-state index in [1.807, 2.05) is 37.2 Å². The molecule has 0 aliphatic carbocycles. The summed E-state index contributed by atoms with van der Waals surface area (Å²) in [6, 6.07) is 8.74. The van der Waals surface area contributed by atoms with E-state index in [1.165, 1.54) is 19.1 Å². The number of carbonyl (C=O) groups excluding carboxylic acids is 1. The number of fused-ring (bicyclic) bond motifs is 1. The summed E-state index contributed by atoms with van der Waals surface area (Å²) in [7, 11) is -0.366. The molecule has 2 unspecified atom stereocenters. The number of hydrogen-bond donors (Lipinski definition) is 3. The van der Waals surface area contributed by atoms with Gasteiger partial charge >= 0.3 is 5.97 Å². The monoisotopic (exact) mass is 367 g/mol. The predicted octanol–water partition coefficient (Wildman–Crippen LogP) is 0.350. The smallest absolute Gasteiger partial charge is 0.345 e. The number of rotatable bonds is 6. The number of hydrogen-bond acceptors (Lipinski definition) is 7. The second-order valence-electron chi connectivity index (χ2n) is 5.83. The van der Waals surface area contributed by atoms with Crippen LogP contribution in [0.25, 0.3) is 10.8 Å². The third-order valence-electron chi connectivity index (χ3n) is 3.76. The third kappa shape index (κ3) is 4.07. The lowest BCUT2D eigenvalue weighted by Crippen LogP contribution is -2.49. The average molecular weight is 367 g/mol. The number of anilines is 1. The number of nitrogens with zero attached hydrogens (tertiary/aromatic N) is 1. The largest absolute Gasteiger partial charge is 0.391 e. The fourth-order valence-electron chi connectivity index (χ4n) is 2.44. The van der Waals surface area contributed by atoms with E-state index >= 15 is 0 Å². The van der Waals surface area contributed by atoms with Crippen LogP contribution < -0.4 is 15.5 Å². The number of aliphatic hydroxyl groups is 1. The Kier molecular flexibility index (Phi) is 5.63. The number of sulfonamides is 1. The van der Waals surface area contributed by atoms with E-state index in [-0.39, 0.29) is 4.90 Å². The number of carbonyl (C=O) groups is 1. The zero-order valence-electron chi connectivity index (χ0n) is 14.1. The van der Waals surface area contributed by atoms with E-state index in [0.717, 1.165) is 16.5 Å². The van der Waals surface area contributed by atoms with Crippen LogP contribution in [0.5, 0.6) is 0 Å². The van der Waals surface area contributed by atoms with Crippen molar-refractivity contribution in [3.8, 4) is 0 Å². The first kappa shape index (κ1) is 19.1. The van der Waals surface area contributed by atoms with Crippen LogP contribution in [0.4, 0.5) is 5.69 Å². The molecular weight excluding hydrogens is 346 g/mol. The highest BCUT2D eigenvalue weighted by atomic mass is 32.2. The summed E-state index contributed by atoms with van der Waals surface area (Å²) < 4.78 is 27.3. The van der Waals surface area contributed by atoms with Crippen LogP contribution in [0, 0.1) is 0 Å². The summed E-state index contributed by atoms with van der Waals surface area (Å²) >= 11 is 0. The summed E-state index contributed by atoms with van der Waals surface area (Å²) in [5.74, 6) is 3.72. The normalized spacial score (nSPS) is 14.1. The molecule has 0 saturated heterocycles. The van der Waals surface area contributed by atoms with E-state index in [2.05, 4.69) is 9.56 Å². The van der Waals surface area contributed by atoms with Gasteiger partial charge in [0.15, 0.2) is 0 Å². The average Bonchev–Trinajstić information content (AvgIpc) is 2.57. The second kappa shape index (κ2) is 7.36. The zero-order chi connectivity index (χ0) is 18.8. The predicted molar refractivity (Wildman–Crippen MR) is 94.3 cm³/mol. The third-order valence-corrected chi connectivity index (χ3v) is 5.20. The van der Waals surface area contributed by atoms with Gasteiger partial charge in [-0.15, -0.1) is 0 Å². The lowest BCUT2D eigenvalue weighted by molar-refractivity contribution is -0.148. The topological polar surface area (TPSA) is 122 Å². The Balaban J connectivity index is 2.49. The lowest BCUT2D eigenvalue weighted by Gasteiger charge is -2.19. The van der Waals surface area contributed by atoms with Crippen molar-refractivity contribution in [2.24, 2.45) is 5.90 Å². The first-order valence-electron chi connectivity index (χ1n) is 7.48. The number of benzene rings is 2. The second-order valence-corrected chi connectivity index (χ2v) is 7.54. The highest BCUT2D eigenvalue weighted by Gasteiger charge is 2.31. The van der Waals surface area contributed by atoms with Gasteiger partial charge in [0, 0.05) is 25.2 Å². The van der Waals surface area contributed by atoms with Gasteiger partial charge in [-0.25, -0.2) is 13.2 Å². The van der Waals surface area contributed by atoms with Gasteiger partial charge in [-0.05, 0) is 30.5 Å². The molecule has 2 atom stereocenters. The van der Waals surface area contributed by atoms with E-state index in [1.54, 1.807) is 6.07 Å². The number of aliphatic hydroxyl groups excluding tert-OH is 1. The van der Waals surface area contributed by atoms with Gasteiger partial charge in [-0.3, -0.25) is 0 Å². The van der Waals surface area contributed by atoms with Crippen molar-refractivity contribution < 1.29 is 23.2 Å². The van der Waals surface area contributed by atoms with Crippen molar-refractivity contribution in [3.05, 3.63) is 36.4 Å². The Bertz CT molecular complexity index is 880. The first-order chi connectivity index (χ1) is 11.7. The summed E-state index contributed by atoms with van der Waals surface area (Å²) in [5, 5.41) is 11.2. The molecule has 0 radical (unpaired) electrons. The maximum atomic E-state index is 12.6. The Morgan fingerprint density at radius 2 is 1.96 bits per heavy atom. The standard InChI is InChI=1S/C16H21N3O5S/c1-10(20)15(16(21)24-17)18-25(22,23)12-8-7-11-5-4-6-14(19(2)3)13(11)9-12/h4-10,15,18,20H,17H2,1-3H3. The molecule has 0 spiro atoms. The van der Waals surface area contributed by atoms with Crippen LogP contribution >= 0.6 is 0 Å². The van der Waals surface area contributed by atoms with Crippen LogP contribution in [0.15, 0.2) is 41.3 Å². The molecule has 0 fully saturated rings. The number of nitrogens with two attached hydrogens (primary N) is 1. The minimum atomic E-state index is -4.08. The van der Waals surface area contributed by atoms with Gasteiger partial charge in [-0.1, -0.05) is 18.2 Å². The van der Waals surface area contributed by atoms with Crippen LogP contribution in [-0.2, 0) is 19.7 Å². The minimum Gasteiger partial charge on any atom is -0.391 e. The Hall–Kier alpha value is -2.20. The molecule has 0 heterocycles. The molecule has 8 nitrogen and oxygen atoms in total. The van der Waals surface area contributed by atoms with Gasteiger partial charge < -0.3 is 14.8 Å². The molecule has 2 rings (SSSR count). The van der Waals surface area contributed by atoms with E-state index in [4.69, 9.17) is 5.90 Å². The van der Waals surface area contributed by atoms with Crippen molar-refractivity contribution in [1.29, 1.82) is 0 Å². The van der Waals surface area contributed by atoms with Gasteiger partial charge in [0.25, 0.3) is 0 Å². The SMILES string of the molecule is CC(O)C(NS(=O)(=O)c1ccc2cccc(N(C)C)c2c1)C(=O)ON. The lowest BCUT2D eigenvalue weighted by atomic mass is 10.1. The Morgan fingerprint density at radius 1 is 1.28 bits per heavy atom. The molecule has 4 N–H and O–H groups in total. The van der Waals surface area contributed by atoms with Crippen LogP contribution in [0.1, 0.15) is 6.92 Å². The summed E-state index contributed by atoms with van der Waals surface area (Å²) in [6.07, 6.45) is -1.32. The van der Waals surface area contributed by atoms with E-state index in [0.29, 0.717) is 0 Å². The molecule has 0 aliphatic heterocycles. The highest BCUT2D eigenvalue weighted by molar-refractivity contribution is 7.89. The summed E-state index contributed by atoms with van der Waals surface area (Å²) in [4.78, 5) is 17.5. The molecule has 0 bridgehead atoms. The molecule has 136 valence electrons. The van der Waals surface area contributed by atoms with Crippen molar-refractivity contribution >= 4 is 32.5 Å². The van der Waals surface area contributed by atoms with Crippen LogP contribution in [-0.4, -0.2) is 45.7 Å². The maximum absolute atomic E-state index is 12.6. The molecule has 9 heteroatoms. The molecule has 25 heavy (non-hydrogen) atoms. The van der Waals surface area contributed by atoms with Crippen LogP contribution in [0.2, 0.25) is 0 Å². The zero-order valence-corrected chi connectivity index (χ0v) is 14.9. The van der Waals surface area contributed by atoms with Gasteiger partial charge in [0.1, 0.15) is 6.04 Å². The van der Waals surface area contributed by atoms with Crippen molar-refractivity contribution in [3.63, 3.8) is 0 Å². The minimum absolute atomic E-state index is 0.0372. The highest BCUT2D eigenvalue weighted by Crippen LogP contribution is 2.28. The van der Waals surface area contributed by atoms with Crippen molar-refractivity contribution in [1.82, 2.24) is 4.72 Å². The quantitative estimate of drug-likeness (QED) is 0.630. The number of nitrogens with one attached hydrogen (secondary N) is 1. The van der Waals surface area contributed by atoms with Crippen molar-refractivity contribution in [2.45, 2.75) is 24.0 Å². The van der Waals surface area contributed by atoms with Crippen LogP contribution in [0.3, 0.4) is 0 Å². The van der Waals surface area contributed by atoms with Gasteiger partial charge in [0.05, 0.1) is 11.0 Å². The fourth-order valence-corrected chi connectivity index (χ4v) is 3.73. The molecule has 0 amide bonds. The van der Waals surface area contributed by atoms with Gasteiger partial charge in [0.2, 0.25) is 10.0 Å². The molecule has 0 aliphatic rings. The molecule has 0 aromatic heterocycles. The van der Waals surface area contributed by atoms with E-state index < -0.39 is 28.1 Å². The fraction of sp³-hybridized carbons (Fsp3) is 0.312. The van der Waals surface area contributed by atoms with Gasteiger partial charge in [-0.2, -0.15) is 10.6 Å². The van der Waals surface area contributed by atoms with E-state index in [9.17, 15) is 18.3 Å². The summed E-state index contributed by atoms with van der Waals surface area (Å²) in [5.41, 5.74) is 0.850. The molecule has 2 aromatic rings. The first-order valence-corrected chi connectivity index (χ1v) is 8.97. The Labute approximate surface area is 146 Å². The van der Waals surface area contributed by atoms with Crippen molar-refractivity contribution in [2.75, 3.05) is 19.0 Å². The Morgan fingerprint density at radius 3 is 2.52 bits per heavy atom. The molecular formula is C16H21N3O5S. The molecule has 0 saturated carbocycles. The summed E-state index contributed by atoms with van der Waals surface area (Å²) in [6.45, 7) is 1.26. The maximum Gasteiger partial charge on any atom is 0.345 e. The molecule has 2 aromatic carbocycles.